The van der Waals surface area contributed by atoms with Crippen molar-refractivity contribution >= 4 is 11.5 Å². The van der Waals surface area contributed by atoms with E-state index in [0.717, 1.165) is 36.0 Å². The first-order valence-electron chi connectivity index (χ1n) is 5.96. The highest BCUT2D eigenvalue weighted by atomic mass is 16.4. The van der Waals surface area contributed by atoms with Gasteiger partial charge in [0.05, 0.1) is 0 Å². The van der Waals surface area contributed by atoms with Crippen molar-refractivity contribution in [1.29, 1.82) is 0 Å². The van der Waals surface area contributed by atoms with E-state index in [-0.39, 0.29) is 0 Å². The van der Waals surface area contributed by atoms with E-state index in [9.17, 15) is 9.90 Å². The molecule has 17 heavy (non-hydrogen) atoms. The molecule has 0 aliphatic heterocycles. The van der Waals surface area contributed by atoms with E-state index in [4.69, 9.17) is 0 Å². The van der Waals surface area contributed by atoms with E-state index in [2.05, 4.69) is 6.07 Å². The number of nitrogens with zero attached hydrogens (tertiary/aromatic N) is 1. The minimum atomic E-state index is -0.685. The lowest BCUT2D eigenvalue weighted by Gasteiger charge is -2.38. The quantitative estimate of drug-likeness (QED) is 0.860. The Morgan fingerprint density at radius 1 is 1.41 bits per heavy atom. The lowest BCUT2D eigenvalue weighted by molar-refractivity contribution is -0.147. The monoisotopic (exact) mass is 229 g/mol. The third-order valence-corrected chi connectivity index (χ3v) is 3.94. The molecular weight excluding hydrogens is 214 g/mol. The van der Waals surface area contributed by atoms with E-state index in [0.29, 0.717) is 0 Å². The zero-order valence-electron chi connectivity index (χ0n) is 9.81. The molecule has 3 nitrogen and oxygen atoms in total. The summed E-state index contributed by atoms with van der Waals surface area (Å²) in [5.41, 5.74) is 2.47. The van der Waals surface area contributed by atoms with Crippen molar-refractivity contribution in [1.82, 2.24) is 4.40 Å². The molecule has 0 spiro atoms. The molecule has 1 fully saturated rings. The van der Waals surface area contributed by atoms with Crippen LogP contribution in [0, 0.1) is 6.92 Å². The number of carbonyl (C=O) groups is 1. The number of pyridine rings is 1. The number of rotatable bonds is 2. The van der Waals surface area contributed by atoms with Crippen molar-refractivity contribution in [2.45, 2.75) is 31.6 Å². The third-order valence-electron chi connectivity index (χ3n) is 3.94. The largest absolute Gasteiger partial charge is 0.481 e. The summed E-state index contributed by atoms with van der Waals surface area (Å²) in [7, 11) is 0. The van der Waals surface area contributed by atoms with Crippen molar-refractivity contribution in [3.63, 3.8) is 0 Å². The molecule has 0 bridgehead atoms. The van der Waals surface area contributed by atoms with Gasteiger partial charge in [0.1, 0.15) is 5.41 Å². The zero-order valence-corrected chi connectivity index (χ0v) is 9.81. The topological polar surface area (TPSA) is 41.7 Å². The molecule has 2 aromatic rings. The van der Waals surface area contributed by atoms with Crippen LogP contribution in [0.1, 0.15) is 30.5 Å². The summed E-state index contributed by atoms with van der Waals surface area (Å²) >= 11 is 0. The fourth-order valence-corrected chi connectivity index (χ4v) is 2.95. The SMILES string of the molecule is Cc1cc2ccccn2c1C1(C(=O)O)CCC1. The number of aliphatic carboxylic acids is 1. The van der Waals surface area contributed by atoms with Crippen LogP contribution in [0.5, 0.6) is 0 Å². The van der Waals surface area contributed by atoms with Gasteiger partial charge in [-0.25, -0.2) is 0 Å². The van der Waals surface area contributed by atoms with Gasteiger partial charge in [0.2, 0.25) is 0 Å². The van der Waals surface area contributed by atoms with Gasteiger partial charge in [0.15, 0.2) is 0 Å². The van der Waals surface area contributed by atoms with Gasteiger partial charge in [-0.1, -0.05) is 12.5 Å². The number of hydrogen-bond donors (Lipinski definition) is 1. The first-order valence-corrected chi connectivity index (χ1v) is 5.96. The maximum Gasteiger partial charge on any atom is 0.315 e. The van der Waals surface area contributed by atoms with Gasteiger partial charge in [0.25, 0.3) is 0 Å². The van der Waals surface area contributed by atoms with E-state index >= 15 is 0 Å². The Labute approximate surface area is 99.7 Å². The molecule has 88 valence electrons. The summed E-state index contributed by atoms with van der Waals surface area (Å²) in [6, 6.07) is 8.01. The minimum Gasteiger partial charge on any atom is -0.481 e. The predicted molar refractivity (Wildman–Crippen MR) is 65.3 cm³/mol. The van der Waals surface area contributed by atoms with Crippen LogP contribution in [0.4, 0.5) is 0 Å². The lowest BCUT2D eigenvalue weighted by Crippen LogP contribution is -2.43. The molecule has 2 heterocycles. The molecule has 2 aromatic heterocycles. The van der Waals surface area contributed by atoms with E-state index < -0.39 is 11.4 Å². The maximum absolute atomic E-state index is 11.6. The van der Waals surface area contributed by atoms with Crippen molar-refractivity contribution < 1.29 is 9.90 Å². The van der Waals surface area contributed by atoms with Crippen LogP contribution in [0.3, 0.4) is 0 Å². The molecule has 0 radical (unpaired) electrons. The van der Waals surface area contributed by atoms with E-state index in [1.807, 2.05) is 35.7 Å². The van der Waals surface area contributed by atoms with Crippen LogP contribution in [-0.4, -0.2) is 15.5 Å². The summed E-state index contributed by atoms with van der Waals surface area (Å²) in [5, 5.41) is 9.53. The number of fused-ring (bicyclic) bond motifs is 1. The Hall–Kier alpha value is -1.77. The number of hydrogen-bond acceptors (Lipinski definition) is 1. The summed E-state index contributed by atoms with van der Waals surface area (Å²) in [5.74, 6) is -0.685. The first-order chi connectivity index (χ1) is 8.15. The van der Waals surface area contributed by atoms with E-state index in [1.165, 1.54) is 0 Å². The van der Waals surface area contributed by atoms with Crippen LogP contribution in [0.25, 0.3) is 5.52 Å². The molecule has 0 aromatic carbocycles. The molecule has 1 N–H and O–H groups in total. The molecule has 0 atom stereocenters. The Bertz CT molecular complexity index is 593. The third kappa shape index (κ3) is 1.25. The minimum absolute atomic E-state index is 0.655. The van der Waals surface area contributed by atoms with Crippen LogP contribution >= 0.6 is 0 Å². The van der Waals surface area contributed by atoms with Crippen LogP contribution in [-0.2, 0) is 10.2 Å². The Balaban J connectivity index is 2.29. The van der Waals surface area contributed by atoms with E-state index in [1.54, 1.807) is 0 Å². The average Bonchev–Trinajstić information content (AvgIpc) is 2.54. The number of carboxylic acids is 1. The van der Waals surface area contributed by atoms with Crippen LogP contribution in [0.15, 0.2) is 30.5 Å². The smallest absolute Gasteiger partial charge is 0.315 e. The maximum atomic E-state index is 11.6. The van der Waals surface area contributed by atoms with Gasteiger partial charge in [-0.3, -0.25) is 4.79 Å². The molecule has 0 saturated heterocycles. The molecule has 0 amide bonds. The second-order valence-corrected chi connectivity index (χ2v) is 4.91. The summed E-state index contributed by atoms with van der Waals surface area (Å²) in [6.45, 7) is 2.01. The highest BCUT2D eigenvalue weighted by Crippen LogP contribution is 2.45. The molecule has 0 unspecified atom stereocenters. The van der Waals surface area contributed by atoms with Gasteiger partial charge in [-0.15, -0.1) is 0 Å². The molecule has 1 saturated carbocycles. The normalized spacial score (nSPS) is 17.9. The fraction of sp³-hybridized carbons (Fsp3) is 0.357. The molecule has 3 rings (SSSR count). The standard InChI is InChI=1S/C14H15NO2/c1-10-9-11-5-2-3-8-15(11)12(10)14(13(16)17)6-4-7-14/h2-3,5,8-9H,4,6-7H2,1H3,(H,16,17). The Morgan fingerprint density at radius 3 is 2.76 bits per heavy atom. The average molecular weight is 229 g/mol. The second kappa shape index (κ2) is 3.36. The highest BCUT2D eigenvalue weighted by Gasteiger charge is 2.48. The van der Waals surface area contributed by atoms with Gasteiger partial charge < -0.3 is 9.51 Å². The van der Waals surface area contributed by atoms with Crippen molar-refractivity contribution in [3.05, 3.63) is 41.7 Å². The number of aromatic nitrogens is 1. The van der Waals surface area contributed by atoms with Gasteiger partial charge in [-0.2, -0.15) is 0 Å². The summed E-state index contributed by atoms with van der Waals surface area (Å²) in [6.07, 6.45) is 4.47. The zero-order chi connectivity index (χ0) is 12.0. The first kappa shape index (κ1) is 10.4. The van der Waals surface area contributed by atoms with Gasteiger partial charge in [-0.05, 0) is 43.5 Å². The molecule has 1 aliphatic carbocycles. The summed E-state index contributed by atoms with van der Waals surface area (Å²) < 4.78 is 2.03. The lowest BCUT2D eigenvalue weighted by atomic mass is 9.66. The van der Waals surface area contributed by atoms with Crippen molar-refractivity contribution in [2.24, 2.45) is 0 Å². The summed E-state index contributed by atoms with van der Waals surface area (Å²) in [4.78, 5) is 11.6. The van der Waals surface area contributed by atoms with Crippen molar-refractivity contribution in [3.8, 4) is 0 Å². The fourth-order valence-electron chi connectivity index (χ4n) is 2.95. The number of aryl methyl sites for hydroxylation is 1. The Morgan fingerprint density at radius 2 is 2.18 bits per heavy atom. The van der Waals surface area contributed by atoms with Gasteiger partial charge in [0, 0.05) is 17.4 Å². The molecular formula is C14H15NO2. The Kier molecular flexibility index (Phi) is 2.05. The highest BCUT2D eigenvalue weighted by molar-refractivity contribution is 5.83. The number of carboxylic acid groups (broad SMARTS) is 1. The van der Waals surface area contributed by atoms with Crippen molar-refractivity contribution in [2.75, 3.05) is 0 Å². The van der Waals surface area contributed by atoms with Crippen LogP contribution < -0.4 is 0 Å². The predicted octanol–water partition coefficient (Wildman–Crippen LogP) is 2.75. The van der Waals surface area contributed by atoms with Gasteiger partial charge >= 0.3 is 5.97 Å². The molecule has 3 heteroatoms. The van der Waals surface area contributed by atoms with Crippen LogP contribution in [0.2, 0.25) is 0 Å². The second-order valence-electron chi connectivity index (χ2n) is 4.91. The molecule has 1 aliphatic rings.